The highest BCUT2D eigenvalue weighted by atomic mass is 19.2. The quantitative estimate of drug-likeness (QED) is 0.705. The first-order chi connectivity index (χ1) is 12.1. The zero-order valence-electron chi connectivity index (χ0n) is 13.7. The van der Waals surface area contributed by atoms with Crippen molar-refractivity contribution in [1.82, 2.24) is 25.0 Å². The average Bonchev–Trinajstić information content (AvgIpc) is 2.84. The number of hydrogen-bond acceptors (Lipinski definition) is 6. The summed E-state index contributed by atoms with van der Waals surface area (Å²) in [6, 6.07) is 4.02. The normalized spacial score (nSPS) is 15.6. The van der Waals surface area contributed by atoms with E-state index >= 15 is 0 Å². The molecule has 4 rings (SSSR count). The first kappa shape index (κ1) is 15.7. The largest absolute Gasteiger partial charge is 0.370 e. The minimum atomic E-state index is -0.828. The zero-order valence-corrected chi connectivity index (χ0v) is 13.7. The van der Waals surface area contributed by atoms with Gasteiger partial charge < -0.3 is 9.80 Å². The Morgan fingerprint density at radius 1 is 0.960 bits per heavy atom. The van der Waals surface area contributed by atoms with Crippen molar-refractivity contribution in [1.29, 1.82) is 0 Å². The molecule has 0 amide bonds. The highest BCUT2D eigenvalue weighted by molar-refractivity contribution is 5.82. The molecule has 9 heteroatoms. The van der Waals surface area contributed by atoms with Crippen molar-refractivity contribution in [3.05, 3.63) is 36.2 Å². The molecule has 2 aromatic heterocycles. The molecule has 0 aliphatic carbocycles. The molecule has 25 heavy (non-hydrogen) atoms. The van der Waals surface area contributed by atoms with Gasteiger partial charge in [0.05, 0.1) is 0 Å². The molecule has 7 nitrogen and oxygen atoms in total. The number of aryl methyl sites for hydroxylation is 1. The maximum atomic E-state index is 13.5. The second-order valence-electron chi connectivity index (χ2n) is 6.01. The molecule has 0 N–H and O–H groups in total. The van der Waals surface area contributed by atoms with Crippen LogP contribution in [0.2, 0.25) is 0 Å². The van der Waals surface area contributed by atoms with Gasteiger partial charge in [-0.1, -0.05) is 5.21 Å². The van der Waals surface area contributed by atoms with E-state index in [2.05, 4.69) is 30.1 Å². The molecule has 1 aromatic carbocycles. The third-order valence-corrected chi connectivity index (χ3v) is 4.43. The van der Waals surface area contributed by atoms with Gasteiger partial charge in [-0.25, -0.2) is 23.4 Å². The first-order valence-electron chi connectivity index (χ1n) is 8.09. The summed E-state index contributed by atoms with van der Waals surface area (Å²) in [4.78, 5) is 12.8. The SMILES string of the molecule is Cn1nnc2c(N3CCCN(c4ccc(F)c(F)c4)CC3)ncnc21. The molecular weight excluding hydrogens is 328 g/mol. The predicted octanol–water partition coefficient (Wildman–Crippen LogP) is 1.75. The number of anilines is 2. The molecule has 1 aliphatic heterocycles. The summed E-state index contributed by atoms with van der Waals surface area (Å²) < 4.78 is 28.3. The maximum Gasteiger partial charge on any atom is 0.183 e. The van der Waals surface area contributed by atoms with Crippen LogP contribution in [0.5, 0.6) is 0 Å². The molecule has 3 aromatic rings. The van der Waals surface area contributed by atoms with Crippen molar-refractivity contribution in [2.75, 3.05) is 36.0 Å². The fourth-order valence-corrected chi connectivity index (χ4v) is 3.14. The number of nitrogens with zero attached hydrogens (tertiary/aromatic N) is 7. The molecule has 130 valence electrons. The van der Waals surface area contributed by atoms with Gasteiger partial charge in [0.2, 0.25) is 0 Å². The molecule has 0 spiro atoms. The number of rotatable bonds is 2. The van der Waals surface area contributed by atoms with E-state index in [1.54, 1.807) is 17.8 Å². The van der Waals surface area contributed by atoms with Gasteiger partial charge in [-0.15, -0.1) is 5.10 Å². The van der Waals surface area contributed by atoms with E-state index in [0.717, 1.165) is 25.3 Å². The van der Waals surface area contributed by atoms with Gasteiger partial charge in [-0.3, -0.25) is 0 Å². The van der Waals surface area contributed by atoms with Gasteiger partial charge in [0.15, 0.2) is 28.6 Å². The molecule has 1 saturated heterocycles. The molecule has 0 unspecified atom stereocenters. The number of benzene rings is 1. The summed E-state index contributed by atoms with van der Waals surface area (Å²) in [7, 11) is 1.79. The van der Waals surface area contributed by atoms with Crippen molar-refractivity contribution in [3.8, 4) is 0 Å². The van der Waals surface area contributed by atoms with Crippen LogP contribution in [0, 0.1) is 11.6 Å². The van der Waals surface area contributed by atoms with E-state index in [-0.39, 0.29) is 0 Å². The van der Waals surface area contributed by atoms with Crippen LogP contribution in [0.15, 0.2) is 24.5 Å². The van der Waals surface area contributed by atoms with Gasteiger partial charge >= 0.3 is 0 Å². The van der Waals surface area contributed by atoms with E-state index < -0.39 is 11.6 Å². The van der Waals surface area contributed by atoms with E-state index in [0.29, 0.717) is 29.9 Å². The van der Waals surface area contributed by atoms with Gasteiger partial charge in [0.25, 0.3) is 0 Å². The Hall–Kier alpha value is -2.84. The van der Waals surface area contributed by atoms with Crippen LogP contribution in [-0.4, -0.2) is 51.1 Å². The third kappa shape index (κ3) is 2.86. The monoisotopic (exact) mass is 345 g/mol. The van der Waals surface area contributed by atoms with E-state index in [9.17, 15) is 8.78 Å². The number of aromatic nitrogens is 5. The lowest BCUT2D eigenvalue weighted by Gasteiger charge is -2.24. The van der Waals surface area contributed by atoms with E-state index in [4.69, 9.17) is 0 Å². The van der Waals surface area contributed by atoms with Crippen molar-refractivity contribution in [3.63, 3.8) is 0 Å². The van der Waals surface area contributed by atoms with Crippen LogP contribution in [0.3, 0.4) is 0 Å². The van der Waals surface area contributed by atoms with Crippen molar-refractivity contribution in [2.24, 2.45) is 7.05 Å². The molecule has 1 fully saturated rings. The Morgan fingerprint density at radius 3 is 2.60 bits per heavy atom. The lowest BCUT2D eigenvalue weighted by molar-refractivity contribution is 0.508. The van der Waals surface area contributed by atoms with Crippen molar-refractivity contribution >= 4 is 22.7 Å². The minimum Gasteiger partial charge on any atom is -0.370 e. The molecular formula is C16H17F2N7. The number of fused-ring (bicyclic) bond motifs is 1. The fraction of sp³-hybridized carbons (Fsp3) is 0.375. The molecule has 0 radical (unpaired) electrons. The van der Waals surface area contributed by atoms with Crippen LogP contribution in [-0.2, 0) is 7.05 Å². The lowest BCUT2D eigenvalue weighted by Crippen LogP contribution is -2.31. The first-order valence-corrected chi connectivity index (χ1v) is 8.09. The van der Waals surface area contributed by atoms with Gasteiger partial charge in [-0.2, -0.15) is 0 Å². The average molecular weight is 345 g/mol. The standard InChI is InChI=1S/C16H17F2N7/c1-23-15-14(21-22-23)16(20-10-19-15)25-6-2-5-24(7-8-25)11-3-4-12(17)13(18)9-11/h3-4,9-10H,2,5-8H2,1H3. The third-order valence-electron chi connectivity index (χ3n) is 4.43. The van der Waals surface area contributed by atoms with Crippen LogP contribution < -0.4 is 9.80 Å². The molecule has 0 atom stereocenters. The molecule has 0 saturated carbocycles. The molecule has 3 heterocycles. The number of halogens is 2. The van der Waals surface area contributed by atoms with Crippen LogP contribution >= 0.6 is 0 Å². The Labute approximate surface area is 142 Å². The van der Waals surface area contributed by atoms with Gasteiger partial charge in [0, 0.05) is 45.0 Å². The lowest BCUT2D eigenvalue weighted by atomic mass is 10.2. The van der Waals surface area contributed by atoms with Crippen LogP contribution in [0.25, 0.3) is 11.2 Å². The summed E-state index contributed by atoms with van der Waals surface area (Å²) in [5.41, 5.74) is 2.05. The minimum absolute atomic E-state index is 0.672. The van der Waals surface area contributed by atoms with Crippen molar-refractivity contribution < 1.29 is 8.78 Å². The van der Waals surface area contributed by atoms with E-state index in [1.165, 1.54) is 18.5 Å². The smallest absolute Gasteiger partial charge is 0.183 e. The summed E-state index contributed by atoms with van der Waals surface area (Å²) in [5.74, 6) is -0.896. The van der Waals surface area contributed by atoms with Gasteiger partial charge in [0.1, 0.15) is 6.33 Å². The number of hydrogen-bond donors (Lipinski definition) is 0. The Morgan fingerprint density at radius 2 is 1.76 bits per heavy atom. The van der Waals surface area contributed by atoms with Gasteiger partial charge in [-0.05, 0) is 18.6 Å². The van der Waals surface area contributed by atoms with E-state index in [1.807, 2.05) is 0 Å². The highest BCUT2D eigenvalue weighted by Crippen LogP contribution is 2.24. The maximum absolute atomic E-state index is 13.5. The Kier molecular flexibility index (Phi) is 3.90. The van der Waals surface area contributed by atoms with Crippen LogP contribution in [0.4, 0.5) is 20.3 Å². The highest BCUT2D eigenvalue weighted by Gasteiger charge is 2.21. The Bertz CT molecular complexity index is 911. The second-order valence-corrected chi connectivity index (χ2v) is 6.01. The summed E-state index contributed by atoms with van der Waals surface area (Å²) in [6.07, 6.45) is 2.38. The predicted molar refractivity (Wildman–Crippen MR) is 89.5 cm³/mol. The molecule has 0 bridgehead atoms. The summed E-state index contributed by atoms with van der Waals surface area (Å²) in [6.45, 7) is 2.93. The molecule has 1 aliphatic rings. The van der Waals surface area contributed by atoms with Crippen molar-refractivity contribution in [2.45, 2.75) is 6.42 Å². The van der Waals surface area contributed by atoms with Crippen LogP contribution in [0.1, 0.15) is 6.42 Å². The summed E-state index contributed by atoms with van der Waals surface area (Å²) >= 11 is 0. The zero-order chi connectivity index (χ0) is 17.4. The Balaban J connectivity index is 1.57. The fourth-order valence-electron chi connectivity index (χ4n) is 3.14. The summed E-state index contributed by atoms with van der Waals surface area (Å²) in [5, 5.41) is 8.17. The topological polar surface area (TPSA) is 63.0 Å². The second kappa shape index (κ2) is 6.23.